The number of benzene rings is 2. The van der Waals surface area contributed by atoms with Crippen LogP contribution in [0.15, 0.2) is 48.5 Å². The SMILES string of the molecule is CNC(=O)[C@@](C)(C(=O)COC1CCCCO1)N(C)C(=O)c1ccc(C#Cc2ccc(C(CO)OC)cc2)cc1. The van der Waals surface area contributed by atoms with Crippen LogP contribution in [-0.4, -0.2) is 80.5 Å². The van der Waals surface area contributed by atoms with Crippen LogP contribution in [0.4, 0.5) is 0 Å². The van der Waals surface area contributed by atoms with Gasteiger partial charge in [-0.2, -0.15) is 0 Å². The van der Waals surface area contributed by atoms with Gasteiger partial charge in [0.15, 0.2) is 17.6 Å². The molecule has 2 aromatic rings. The number of ketones is 1. The van der Waals surface area contributed by atoms with E-state index in [4.69, 9.17) is 14.2 Å². The maximum Gasteiger partial charge on any atom is 0.254 e. The predicted octanol–water partition coefficient (Wildman–Crippen LogP) is 2.46. The molecule has 2 aromatic carbocycles. The summed E-state index contributed by atoms with van der Waals surface area (Å²) in [5.74, 6) is 4.48. The molecule has 0 saturated carbocycles. The van der Waals surface area contributed by atoms with Crippen LogP contribution in [0.2, 0.25) is 0 Å². The number of amides is 2. The molecule has 3 rings (SSSR count). The minimum atomic E-state index is -1.77. The molecule has 1 saturated heterocycles. The fraction of sp³-hybridized carbons (Fsp3) is 0.433. The Kier molecular flexibility index (Phi) is 10.8. The first kappa shape index (κ1) is 30.0. The zero-order valence-electron chi connectivity index (χ0n) is 22.9. The van der Waals surface area contributed by atoms with Gasteiger partial charge >= 0.3 is 0 Å². The van der Waals surface area contributed by atoms with Crippen molar-refractivity contribution in [2.24, 2.45) is 0 Å². The second kappa shape index (κ2) is 14.0. The monoisotopic (exact) mass is 536 g/mol. The summed E-state index contributed by atoms with van der Waals surface area (Å²) in [6.07, 6.45) is 1.69. The van der Waals surface area contributed by atoms with Gasteiger partial charge in [-0.1, -0.05) is 24.0 Å². The van der Waals surface area contributed by atoms with E-state index in [1.807, 2.05) is 24.3 Å². The number of carbonyl (C=O) groups excluding carboxylic acids is 3. The molecular formula is C30H36N2O7. The molecule has 2 unspecified atom stereocenters. The maximum atomic E-state index is 13.3. The Bertz CT molecular complexity index is 1190. The quantitative estimate of drug-likeness (QED) is 0.354. The van der Waals surface area contributed by atoms with Gasteiger partial charge in [0.05, 0.1) is 6.61 Å². The normalized spacial score (nSPS) is 17.2. The van der Waals surface area contributed by atoms with Crippen LogP contribution in [0.1, 0.15) is 59.3 Å². The highest BCUT2D eigenvalue weighted by atomic mass is 16.7. The minimum absolute atomic E-state index is 0.110. The number of methoxy groups -OCH3 is 1. The third-order valence-electron chi connectivity index (χ3n) is 6.94. The zero-order chi connectivity index (χ0) is 28.4. The number of ether oxygens (including phenoxy) is 3. The van der Waals surface area contributed by atoms with Crippen molar-refractivity contribution in [2.45, 2.75) is 44.1 Å². The summed E-state index contributed by atoms with van der Waals surface area (Å²) >= 11 is 0. The van der Waals surface area contributed by atoms with Gasteiger partial charge in [0.1, 0.15) is 12.7 Å². The number of hydrogen-bond donors (Lipinski definition) is 2. The van der Waals surface area contributed by atoms with Crippen LogP contribution in [0.5, 0.6) is 0 Å². The molecule has 0 aromatic heterocycles. The Balaban J connectivity index is 1.70. The first-order chi connectivity index (χ1) is 18.7. The number of nitrogens with zero attached hydrogens (tertiary/aromatic N) is 1. The van der Waals surface area contributed by atoms with E-state index in [9.17, 15) is 19.5 Å². The van der Waals surface area contributed by atoms with E-state index < -0.39 is 29.4 Å². The molecule has 1 aliphatic heterocycles. The van der Waals surface area contributed by atoms with Gasteiger partial charge in [0.2, 0.25) is 0 Å². The van der Waals surface area contributed by atoms with Crippen molar-refractivity contribution in [1.82, 2.24) is 10.2 Å². The van der Waals surface area contributed by atoms with Crippen molar-refractivity contribution in [3.8, 4) is 11.8 Å². The molecule has 208 valence electrons. The lowest BCUT2D eigenvalue weighted by Crippen LogP contribution is -2.62. The van der Waals surface area contributed by atoms with Gasteiger partial charge in [-0.25, -0.2) is 0 Å². The van der Waals surface area contributed by atoms with E-state index in [0.717, 1.165) is 28.9 Å². The van der Waals surface area contributed by atoms with Crippen LogP contribution in [0.3, 0.4) is 0 Å². The van der Waals surface area contributed by atoms with Crippen LogP contribution in [-0.2, 0) is 23.8 Å². The van der Waals surface area contributed by atoms with Crippen LogP contribution in [0.25, 0.3) is 0 Å². The summed E-state index contributed by atoms with van der Waals surface area (Å²) in [6.45, 7) is 1.52. The second-order valence-electron chi connectivity index (χ2n) is 9.40. The number of carbonyl (C=O) groups is 3. The molecule has 3 atom stereocenters. The van der Waals surface area contributed by atoms with Crippen molar-refractivity contribution in [2.75, 3.05) is 41.0 Å². The molecule has 1 fully saturated rings. The molecule has 2 N–H and O–H groups in total. The number of hydrogen-bond acceptors (Lipinski definition) is 7. The zero-order valence-corrected chi connectivity index (χ0v) is 22.9. The van der Waals surface area contributed by atoms with E-state index in [2.05, 4.69) is 17.2 Å². The van der Waals surface area contributed by atoms with Crippen LogP contribution in [0, 0.1) is 11.8 Å². The smallest absolute Gasteiger partial charge is 0.254 e. The Morgan fingerprint density at radius 3 is 2.23 bits per heavy atom. The number of aliphatic hydroxyl groups is 1. The Labute approximate surface area is 229 Å². The lowest BCUT2D eigenvalue weighted by Gasteiger charge is -2.36. The lowest BCUT2D eigenvalue weighted by molar-refractivity contribution is -0.174. The summed E-state index contributed by atoms with van der Waals surface area (Å²) in [4.78, 5) is 40.5. The van der Waals surface area contributed by atoms with Crippen molar-refractivity contribution in [3.63, 3.8) is 0 Å². The molecule has 0 spiro atoms. The highest BCUT2D eigenvalue weighted by molar-refractivity contribution is 6.14. The summed E-state index contributed by atoms with van der Waals surface area (Å²) < 4.78 is 16.3. The van der Waals surface area contributed by atoms with Crippen LogP contribution < -0.4 is 5.32 Å². The van der Waals surface area contributed by atoms with E-state index in [-0.39, 0.29) is 19.3 Å². The number of rotatable bonds is 10. The molecule has 0 aliphatic carbocycles. The standard InChI is InChI=1S/C30H36N2O7/c1-30(29(36)31-2,26(34)20-39-27-7-5-6-18-38-27)32(3)28(35)24-16-12-22(13-17-24)9-8-21-10-14-23(15-11-21)25(19-33)37-4/h10-17,25,27,33H,5-7,18-20H2,1-4H3,(H,31,36)/t25?,27?,30-/m1/s1. The fourth-order valence-electron chi connectivity index (χ4n) is 4.20. The second-order valence-corrected chi connectivity index (χ2v) is 9.40. The van der Waals surface area contributed by atoms with Gasteiger partial charge in [0.25, 0.3) is 11.8 Å². The number of likely N-dealkylation sites (N-methyl/N-ethyl adjacent to an activating group) is 2. The van der Waals surface area contributed by atoms with Crippen LogP contribution >= 0.6 is 0 Å². The largest absolute Gasteiger partial charge is 0.393 e. The Morgan fingerprint density at radius 1 is 1.10 bits per heavy atom. The van der Waals surface area contributed by atoms with Gasteiger partial charge in [0, 0.05) is 44.5 Å². The first-order valence-electron chi connectivity index (χ1n) is 12.9. The molecule has 9 heteroatoms. The van der Waals surface area contributed by atoms with E-state index in [0.29, 0.717) is 24.2 Å². The average molecular weight is 537 g/mol. The summed E-state index contributed by atoms with van der Waals surface area (Å²) in [5.41, 5.74) is 0.861. The highest BCUT2D eigenvalue weighted by Crippen LogP contribution is 2.21. The molecule has 0 radical (unpaired) electrons. The van der Waals surface area contributed by atoms with Gasteiger partial charge in [-0.05, 0) is 68.1 Å². The average Bonchev–Trinajstić information content (AvgIpc) is 2.99. The maximum absolute atomic E-state index is 13.3. The third kappa shape index (κ3) is 7.31. The van der Waals surface area contributed by atoms with Crippen molar-refractivity contribution < 1.29 is 33.7 Å². The van der Waals surface area contributed by atoms with Gasteiger partial charge < -0.3 is 29.5 Å². The predicted molar refractivity (Wildman–Crippen MR) is 145 cm³/mol. The summed E-state index contributed by atoms with van der Waals surface area (Å²) in [6, 6.07) is 14.0. The molecule has 2 amide bonds. The van der Waals surface area contributed by atoms with E-state index >= 15 is 0 Å². The Morgan fingerprint density at radius 2 is 1.72 bits per heavy atom. The number of aliphatic hydroxyl groups excluding tert-OH is 1. The highest BCUT2D eigenvalue weighted by Gasteiger charge is 2.46. The number of Topliss-reactive ketones (excluding diaryl/α,β-unsaturated/α-hetero) is 1. The molecule has 1 aliphatic rings. The topological polar surface area (TPSA) is 114 Å². The summed E-state index contributed by atoms with van der Waals surface area (Å²) in [5, 5.41) is 11.8. The summed E-state index contributed by atoms with van der Waals surface area (Å²) in [7, 11) is 4.38. The fourth-order valence-corrected chi connectivity index (χ4v) is 4.20. The number of nitrogens with one attached hydrogen (secondary N) is 1. The van der Waals surface area contributed by atoms with E-state index in [1.165, 1.54) is 21.0 Å². The third-order valence-corrected chi connectivity index (χ3v) is 6.94. The first-order valence-corrected chi connectivity index (χ1v) is 12.9. The van der Waals surface area contributed by atoms with Gasteiger partial charge in [-0.3, -0.25) is 14.4 Å². The minimum Gasteiger partial charge on any atom is -0.393 e. The molecular weight excluding hydrogens is 500 g/mol. The molecule has 1 heterocycles. The van der Waals surface area contributed by atoms with Crippen molar-refractivity contribution in [1.29, 1.82) is 0 Å². The van der Waals surface area contributed by atoms with Gasteiger partial charge in [-0.15, -0.1) is 0 Å². The lowest BCUT2D eigenvalue weighted by atomic mass is 9.92. The Hall–Kier alpha value is -3.55. The molecule has 0 bridgehead atoms. The molecule has 9 nitrogen and oxygen atoms in total. The van der Waals surface area contributed by atoms with Crippen molar-refractivity contribution >= 4 is 17.6 Å². The van der Waals surface area contributed by atoms with Crippen molar-refractivity contribution in [3.05, 3.63) is 70.8 Å². The molecule has 39 heavy (non-hydrogen) atoms. The van der Waals surface area contributed by atoms with E-state index in [1.54, 1.807) is 31.4 Å².